The summed E-state index contributed by atoms with van der Waals surface area (Å²) in [5.74, 6) is 0.0567. The molecule has 178 valence electrons. The molecule has 10 heteroatoms. The molecule has 4 rings (SSSR count). The first-order valence-electron chi connectivity index (χ1n) is 11.5. The number of nitrogens with one attached hydrogen (secondary N) is 1. The highest BCUT2D eigenvalue weighted by molar-refractivity contribution is 5.98. The molecule has 0 bridgehead atoms. The maximum atomic E-state index is 13.2. The fourth-order valence-corrected chi connectivity index (χ4v) is 4.99. The van der Waals surface area contributed by atoms with Crippen molar-refractivity contribution in [3.8, 4) is 5.75 Å². The monoisotopic (exact) mass is 457 g/mol. The molecule has 1 N–H and O–H groups in total. The van der Waals surface area contributed by atoms with Crippen molar-refractivity contribution in [1.82, 2.24) is 25.1 Å². The first-order chi connectivity index (χ1) is 15.8. The van der Waals surface area contributed by atoms with Gasteiger partial charge in [-0.15, -0.1) is 0 Å². The van der Waals surface area contributed by atoms with Crippen molar-refractivity contribution in [3.63, 3.8) is 0 Å². The van der Waals surface area contributed by atoms with Crippen LogP contribution in [0.4, 0.5) is 0 Å². The van der Waals surface area contributed by atoms with Crippen LogP contribution in [0.15, 0.2) is 15.5 Å². The van der Waals surface area contributed by atoms with Gasteiger partial charge >= 0.3 is 0 Å². The van der Waals surface area contributed by atoms with E-state index in [2.05, 4.69) is 34.1 Å². The zero-order chi connectivity index (χ0) is 23.8. The molecule has 2 amide bonds. The summed E-state index contributed by atoms with van der Waals surface area (Å²) in [5.41, 5.74) is 1.88. The van der Waals surface area contributed by atoms with Gasteiger partial charge in [-0.25, -0.2) is 4.63 Å². The van der Waals surface area contributed by atoms with Crippen molar-refractivity contribution in [2.75, 3.05) is 20.2 Å². The Balaban J connectivity index is 1.57. The van der Waals surface area contributed by atoms with Gasteiger partial charge in [-0.2, -0.15) is 0 Å². The second-order valence-corrected chi connectivity index (χ2v) is 8.90. The number of carbonyl (C=O) groups is 2. The van der Waals surface area contributed by atoms with Gasteiger partial charge in [0.1, 0.15) is 22.7 Å². The van der Waals surface area contributed by atoms with Crippen LogP contribution < -0.4 is 15.6 Å². The van der Waals surface area contributed by atoms with E-state index in [1.165, 1.54) is 13.2 Å². The van der Waals surface area contributed by atoms with Gasteiger partial charge in [-0.1, -0.05) is 24.2 Å². The summed E-state index contributed by atoms with van der Waals surface area (Å²) in [5, 5.41) is 10.3. The highest BCUT2D eigenvalue weighted by Crippen LogP contribution is 2.58. The lowest BCUT2D eigenvalue weighted by atomic mass is 9.96. The Morgan fingerprint density at radius 1 is 1.24 bits per heavy atom. The van der Waals surface area contributed by atoms with Crippen LogP contribution in [0.2, 0.25) is 0 Å². The summed E-state index contributed by atoms with van der Waals surface area (Å²) in [7, 11) is 1.43. The van der Waals surface area contributed by atoms with E-state index in [0.717, 1.165) is 19.3 Å². The Hall–Kier alpha value is -3.17. The number of hydrogen-bond donors (Lipinski definition) is 1. The number of pyridine rings is 1. The average molecular weight is 458 g/mol. The van der Waals surface area contributed by atoms with Crippen LogP contribution in [0.1, 0.15) is 60.5 Å². The third kappa shape index (κ3) is 4.14. The zero-order valence-corrected chi connectivity index (χ0v) is 19.6. The molecule has 1 atom stereocenters. The number of aromatic nitrogens is 3. The summed E-state index contributed by atoms with van der Waals surface area (Å²) in [6, 6.07) is 1.33. The van der Waals surface area contributed by atoms with E-state index in [9.17, 15) is 14.4 Å². The van der Waals surface area contributed by atoms with Crippen molar-refractivity contribution in [1.29, 1.82) is 0 Å². The number of ether oxygens (including phenoxy) is 1. The van der Waals surface area contributed by atoms with Crippen molar-refractivity contribution in [3.05, 3.63) is 39.1 Å². The Morgan fingerprint density at radius 3 is 2.61 bits per heavy atom. The van der Waals surface area contributed by atoms with Gasteiger partial charge in [0.05, 0.1) is 13.7 Å². The van der Waals surface area contributed by atoms with Crippen LogP contribution in [0.3, 0.4) is 0 Å². The van der Waals surface area contributed by atoms with Gasteiger partial charge in [0.15, 0.2) is 0 Å². The van der Waals surface area contributed by atoms with Crippen molar-refractivity contribution in [2.24, 2.45) is 11.3 Å². The topological polar surface area (TPSA) is 120 Å². The minimum atomic E-state index is -0.379. The number of amides is 2. The Kier molecular flexibility index (Phi) is 6.27. The van der Waals surface area contributed by atoms with Crippen molar-refractivity contribution < 1.29 is 19.0 Å². The molecule has 2 aromatic rings. The van der Waals surface area contributed by atoms with Crippen LogP contribution in [0, 0.1) is 18.3 Å². The number of nitrogens with zero attached hydrogens (tertiary/aromatic N) is 4. The lowest BCUT2D eigenvalue weighted by Gasteiger charge is -2.22. The van der Waals surface area contributed by atoms with Gasteiger partial charge < -0.3 is 19.5 Å². The summed E-state index contributed by atoms with van der Waals surface area (Å²) < 4.78 is 11.7. The smallest absolute Gasteiger partial charge is 0.257 e. The van der Waals surface area contributed by atoms with Crippen LogP contribution in [-0.2, 0) is 24.3 Å². The molecule has 0 unspecified atom stereocenters. The SMILES string of the molecule is CCC1(CC)C[C@@H]1C(=O)N1CCc2c(C(=O)NCc3nonc3C)c(OC)cc(=O)n2CC1. The van der Waals surface area contributed by atoms with Crippen LogP contribution in [0.25, 0.3) is 0 Å². The van der Waals surface area contributed by atoms with Crippen LogP contribution in [0.5, 0.6) is 5.75 Å². The number of aryl methyl sites for hydroxylation is 1. The van der Waals surface area contributed by atoms with Crippen LogP contribution in [-0.4, -0.2) is 51.8 Å². The molecule has 10 nitrogen and oxygen atoms in total. The third-order valence-electron chi connectivity index (χ3n) is 7.41. The number of fused-ring (bicyclic) bond motifs is 1. The predicted molar refractivity (Wildman–Crippen MR) is 119 cm³/mol. The first-order valence-corrected chi connectivity index (χ1v) is 11.5. The Labute approximate surface area is 192 Å². The van der Waals surface area contributed by atoms with Crippen molar-refractivity contribution in [2.45, 2.75) is 59.5 Å². The van der Waals surface area contributed by atoms with E-state index in [4.69, 9.17) is 4.74 Å². The number of rotatable bonds is 7. The largest absolute Gasteiger partial charge is 0.496 e. The molecule has 2 aliphatic rings. The molecule has 0 radical (unpaired) electrons. The number of carbonyl (C=O) groups excluding carboxylic acids is 2. The normalized spacial score (nSPS) is 18.9. The molecule has 1 aliphatic carbocycles. The molecular weight excluding hydrogens is 426 g/mol. The second-order valence-electron chi connectivity index (χ2n) is 8.90. The third-order valence-corrected chi connectivity index (χ3v) is 7.41. The quantitative estimate of drug-likeness (QED) is 0.672. The molecule has 3 heterocycles. The molecule has 0 aromatic carbocycles. The number of methoxy groups -OCH3 is 1. The minimum Gasteiger partial charge on any atom is -0.496 e. The predicted octanol–water partition coefficient (Wildman–Crippen LogP) is 1.69. The van der Waals surface area contributed by atoms with E-state index in [1.54, 1.807) is 11.5 Å². The highest BCUT2D eigenvalue weighted by atomic mass is 16.6. The maximum absolute atomic E-state index is 13.2. The van der Waals surface area contributed by atoms with E-state index < -0.39 is 0 Å². The van der Waals surface area contributed by atoms with E-state index in [0.29, 0.717) is 48.7 Å². The summed E-state index contributed by atoms with van der Waals surface area (Å²) in [4.78, 5) is 41.0. The summed E-state index contributed by atoms with van der Waals surface area (Å²) >= 11 is 0. The second kappa shape index (κ2) is 8.99. The number of hydrogen-bond acceptors (Lipinski definition) is 7. The average Bonchev–Trinajstić information content (AvgIpc) is 3.49. The molecule has 1 saturated carbocycles. The molecule has 33 heavy (non-hydrogen) atoms. The van der Waals surface area contributed by atoms with Gasteiger partial charge in [0.2, 0.25) is 5.91 Å². The van der Waals surface area contributed by atoms with E-state index >= 15 is 0 Å². The van der Waals surface area contributed by atoms with Gasteiger partial charge in [-0.3, -0.25) is 14.4 Å². The lowest BCUT2D eigenvalue weighted by Crippen LogP contribution is -2.36. The van der Waals surface area contributed by atoms with Gasteiger partial charge in [0.25, 0.3) is 11.5 Å². The molecule has 0 spiro atoms. The van der Waals surface area contributed by atoms with Crippen LogP contribution >= 0.6 is 0 Å². The zero-order valence-electron chi connectivity index (χ0n) is 19.6. The maximum Gasteiger partial charge on any atom is 0.257 e. The minimum absolute atomic E-state index is 0.0575. The fourth-order valence-electron chi connectivity index (χ4n) is 4.99. The van der Waals surface area contributed by atoms with E-state index in [1.807, 2.05) is 4.90 Å². The Bertz CT molecular complexity index is 1120. The standard InChI is InChI=1S/C23H31N5O5/c1-5-23(6-2)12-15(23)22(31)27-8-7-17-20(18(32-4)11-19(29)28(17)10-9-27)21(30)24-13-16-14(3)25-33-26-16/h11,15H,5-10,12-13H2,1-4H3,(H,24,30)/t15-/m1/s1. The van der Waals surface area contributed by atoms with E-state index in [-0.39, 0.29) is 41.0 Å². The summed E-state index contributed by atoms with van der Waals surface area (Å²) in [6.07, 6.45) is 3.31. The Morgan fingerprint density at radius 2 is 2.00 bits per heavy atom. The van der Waals surface area contributed by atoms with Crippen molar-refractivity contribution >= 4 is 11.8 Å². The highest BCUT2D eigenvalue weighted by Gasteiger charge is 2.56. The van der Waals surface area contributed by atoms with Gasteiger partial charge in [0, 0.05) is 43.7 Å². The lowest BCUT2D eigenvalue weighted by molar-refractivity contribution is -0.133. The first kappa shape index (κ1) is 23.0. The molecule has 1 aliphatic heterocycles. The molecular formula is C23H31N5O5. The van der Waals surface area contributed by atoms with Gasteiger partial charge in [-0.05, 0) is 31.6 Å². The summed E-state index contributed by atoms with van der Waals surface area (Å²) in [6.45, 7) is 7.41. The molecule has 0 saturated heterocycles. The fraction of sp³-hybridized carbons (Fsp3) is 0.609. The molecule has 2 aromatic heterocycles. The molecule has 1 fully saturated rings.